The van der Waals surface area contributed by atoms with Gasteiger partial charge in [-0.05, 0) is 12.1 Å². The van der Waals surface area contributed by atoms with Gasteiger partial charge in [0, 0.05) is 0 Å². The second kappa shape index (κ2) is 4.44. The zero-order chi connectivity index (χ0) is 6.69. The van der Waals surface area contributed by atoms with Crippen molar-refractivity contribution in [2.45, 2.75) is 4.90 Å². The Morgan fingerprint density at radius 1 is 1.20 bits per heavy atom. The Labute approximate surface area is 68.0 Å². The van der Waals surface area contributed by atoms with Crippen molar-refractivity contribution in [2.24, 2.45) is 0 Å². The molecule has 4 heteroatoms. The van der Waals surface area contributed by atoms with E-state index in [9.17, 15) is 4.21 Å². The van der Waals surface area contributed by atoms with Crippen molar-refractivity contribution in [1.82, 2.24) is 0 Å². The molecule has 0 bridgehead atoms. The molecule has 1 unspecified atom stereocenters. The van der Waals surface area contributed by atoms with E-state index in [4.69, 9.17) is 4.55 Å². The molecule has 0 aliphatic heterocycles. The summed E-state index contributed by atoms with van der Waals surface area (Å²) in [5.74, 6) is 0. The number of halogens is 1. The summed E-state index contributed by atoms with van der Waals surface area (Å²) in [4.78, 5) is 0.442. The molecule has 0 spiro atoms. The van der Waals surface area contributed by atoms with Crippen LogP contribution in [0.4, 0.5) is 0 Å². The molecule has 0 aliphatic carbocycles. The molecular weight excluding hydrogens is 172 g/mol. The topological polar surface area (TPSA) is 37.3 Å². The molecule has 1 atom stereocenters. The van der Waals surface area contributed by atoms with Gasteiger partial charge in [0.1, 0.15) is 0 Å². The van der Waals surface area contributed by atoms with Crippen LogP contribution >= 0.6 is 12.4 Å². The van der Waals surface area contributed by atoms with Gasteiger partial charge in [0.05, 0.1) is 4.90 Å². The van der Waals surface area contributed by atoms with Crippen LogP contribution in [0.5, 0.6) is 0 Å². The highest BCUT2D eigenvalue weighted by atomic mass is 35.5. The van der Waals surface area contributed by atoms with E-state index in [1.165, 1.54) is 0 Å². The van der Waals surface area contributed by atoms with Gasteiger partial charge in [-0.1, -0.05) is 18.2 Å². The van der Waals surface area contributed by atoms with Crippen LogP contribution in [0, 0.1) is 0 Å². The van der Waals surface area contributed by atoms with E-state index in [2.05, 4.69) is 0 Å². The SMILES string of the molecule is Cl.O=S(O)c1ccccc1. The van der Waals surface area contributed by atoms with E-state index in [0.29, 0.717) is 4.90 Å². The molecule has 1 aromatic carbocycles. The first-order valence-corrected chi connectivity index (χ1v) is 3.57. The van der Waals surface area contributed by atoms with Crippen LogP contribution in [0.1, 0.15) is 0 Å². The van der Waals surface area contributed by atoms with Crippen molar-refractivity contribution in [1.29, 1.82) is 0 Å². The average molecular weight is 179 g/mol. The maximum Gasteiger partial charge on any atom is 0.186 e. The van der Waals surface area contributed by atoms with Crippen LogP contribution in [-0.2, 0) is 11.1 Å². The predicted molar refractivity (Wildman–Crippen MR) is 42.7 cm³/mol. The zero-order valence-corrected chi connectivity index (χ0v) is 6.69. The third kappa shape index (κ3) is 2.47. The maximum atomic E-state index is 10.3. The lowest BCUT2D eigenvalue weighted by molar-refractivity contribution is 0.564. The van der Waals surface area contributed by atoms with Crippen LogP contribution in [0.3, 0.4) is 0 Å². The monoisotopic (exact) mass is 178 g/mol. The Hall–Kier alpha value is -0.380. The fourth-order valence-corrected chi connectivity index (χ4v) is 0.927. The Balaban J connectivity index is 0.000000810. The van der Waals surface area contributed by atoms with Gasteiger partial charge in [0.2, 0.25) is 0 Å². The van der Waals surface area contributed by atoms with Crippen LogP contribution in [0.2, 0.25) is 0 Å². The van der Waals surface area contributed by atoms with E-state index < -0.39 is 11.1 Å². The normalized spacial score (nSPS) is 11.7. The van der Waals surface area contributed by atoms with Gasteiger partial charge in [-0.25, -0.2) is 4.21 Å². The third-order valence-electron chi connectivity index (χ3n) is 0.945. The highest BCUT2D eigenvalue weighted by molar-refractivity contribution is 7.79. The largest absolute Gasteiger partial charge is 0.302 e. The summed E-state index contributed by atoms with van der Waals surface area (Å²) in [6.45, 7) is 0. The molecule has 0 heterocycles. The summed E-state index contributed by atoms with van der Waals surface area (Å²) in [5.41, 5.74) is 0. The van der Waals surface area contributed by atoms with Gasteiger partial charge < -0.3 is 4.55 Å². The summed E-state index contributed by atoms with van der Waals surface area (Å²) < 4.78 is 18.8. The van der Waals surface area contributed by atoms with E-state index in [-0.39, 0.29) is 12.4 Å². The van der Waals surface area contributed by atoms with Crippen LogP contribution < -0.4 is 0 Å². The first-order chi connectivity index (χ1) is 4.30. The standard InChI is InChI=1S/C6H6O2S.ClH/c7-9(8)6-4-2-1-3-5-6;/h1-5H,(H,7,8);1H. The Morgan fingerprint density at radius 3 is 2.00 bits per heavy atom. The molecule has 0 radical (unpaired) electrons. The summed E-state index contributed by atoms with van der Waals surface area (Å²) in [6, 6.07) is 8.47. The Bertz CT molecular complexity index is 212. The third-order valence-corrected chi connectivity index (χ3v) is 1.62. The summed E-state index contributed by atoms with van der Waals surface area (Å²) in [7, 11) is 0. The number of hydrogen-bond acceptors (Lipinski definition) is 1. The lowest BCUT2D eigenvalue weighted by Crippen LogP contribution is -1.84. The minimum atomic E-state index is -1.83. The second-order valence-electron chi connectivity index (χ2n) is 1.56. The smallest absolute Gasteiger partial charge is 0.186 e. The lowest BCUT2D eigenvalue weighted by Gasteiger charge is -1.89. The average Bonchev–Trinajstić information content (AvgIpc) is 1.90. The van der Waals surface area contributed by atoms with Crippen molar-refractivity contribution in [2.75, 3.05) is 0 Å². The highest BCUT2D eigenvalue weighted by Crippen LogP contribution is 2.00. The van der Waals surface area contributed by atoms with Crippen LogP contribution in [0.25, 0.3) is 0 Å². The van der Waals surface area contributed by atoms with Crippen LogP contribution in [-0.4, -0.2) is 8.76 Å². The molecule has 0 aromatic heterocycles. The molecule has 1 N–H and O–H groups in total. The molecule has 10 heavy (non-hydrogen) atoms. The molecule has 0 aliphatic rings. The van der Waals surface area contributed by atoms with Crippen molar-refractivity contribution in [3.63, 3.8) is 0 Å². The van der Waals surface area contributed by atoms with Gasteiger partial charge in [-0.15, -0.1) is 12.4 Å². The minimum absolute atomic E-state index is 0. The maximum absolute atomic E-state index is 10.3. The molecule has 1 rings (SSSR count). The van der Waals surface area contributed by atoms with E-state index in [1.54, 1.807) is 30.3 Å². The molecule has 0 amide bonds. The molecule has 1 aromatic rings. The quantitative estimate of drug-likeness (QED) is 0.665. The molecule has 2 nitrogen and oxygen atoms in total. The first-order valence-electron chi connectivity index (χ1n) is 2.46. The zero-order valence-electron chi connectivity index (χ0n) is 5.06. The predicted octanol–water partition coefficient (Wildman–Crippen LogP) is 1.69. The molecule has 56 valence electrons. The van der Waals surface area contributed by atoms with Crippen molar-refractivity contribution >= 4 is 23.5 Å². The van der Waals surface area contributed by atoms with Crippen LogP contribution in [0.15, 0.2) is 35.2 Å². The van der Waals surface area contributed by atoms with E-state index in [0.717, 1.165) is 0 Å². The van der Waals surface area contributed by atoms with Gasteiger partial charge in [0.15, 0.2) is 11.1 Å². The van der Waals surface area contributed by atoms with E-state index in [1.807, 2.05) is 0 Å². The van der Waals surface area contributed by atoms with Crippen molar-refractivity contribution in [3.8, 4) is 0 Å². The number of rotatable bonds is 1. The van der Waals surface area contributed by atoms with Gasteiger partial charge in [0.25, 0.3) is 0 Å². The second-order valence-corrected chi connectivity index (χ2v) is 2.53. The molecule has 0 saturated heterocycles. The first kappa shape index (κ1) is 9.62. The van der Waals surface area contributed by atoms with Crippen molar-refractivity contribution in [3.05, 3.63) is 30.3 Å². The summed E-state index contributed by atoms with van der Waals surface area (Å²) in [5, 5.41) is 0. The fourth-order valence-electron chi connectivity index (χ4n) is 0.537. The minimum Gasteiger partial charge on any atom is -0.302 e. The van der Waals surface area contributed by atoms with Gasteiger partial charge in [-0.3, -0.25) is 0 Å². The van der Waals surface area contributed by atoms with Gasteiger partial charge >= 0.3 is 0 Å². The fraction of sp³-hybridized carbons (Fsp3) is 0. The summed E-state index contributed by atoms with van der Waals surface area (Å²) >= 11 is -1.83. The number of benzene rings is 1. The lowest BCUT2D eigenvalue weighted by atomic mass is 10.4. The highest BCUT2D eigenvalue weighted by Gasteiger charge is 1.93. The number of hydrogen-bond donors (Lipinski definition) is 1. The summed E-state index contributed by atoms with van der Waals surface area (Å²) in [6.07, 6.45) is 0. The molecule has 0 saturated carbocycles. The van der Waals surface area contributed by atoms with Crippen molar-refractivity contribution < 1.29 is 8.76 Å². The Morgan fingerprint density at radius 2 is 1.70 bits per heavy atom. The Kier molecular flexibility index (Phi) is 4.27. The van der Waals surface area contributed by atoms with Gasteiger partial charge in [-0.2, -0.15) is 0 Å². The molecule has 0 fully saturated rings. The van der Waals surface area contributed by atoms with E-state index >= 15 is 0 Å². The molecular formula is C6H7ClO2S.